The van der Waals surface area contributed by atoms with E-state index in [0.717, 1.165) is 46.3 Å². The van der Waals surface area contributed by atoms with Gasteiger partial charge in [0.2, 0.25) is 11.0 Å². The van der Waals surface area contributed by atoms with Crippen molar-refractivity contribution < 1.29 is 49.2 Å². The highest BCUT2D eigenvalue weighted by atomic mass is 32.2. The molecule has 0 saturated carbocycles. The number of aromatic amines is 1. The van der Waals surface area contributed by atoms with Crippen molar-refractivity contribution in [3.05, 3.63) is 56.5 Å². The summed E-state index contributed by atoms with van der Waals surface area (Å²) in [6.45, 7) is 2.05. The molecule has 2 aliphatic heterocycles. The Balaban J connectivity index is 1.32. The SMILES string of the molecule is CC(C)(O/N=C(\C(=O)N[C@@H]1C(=O)N2C(C(=O)O)=C(CNC(=O)c3c[nH]c4cc(O)c(O)cc4c3=O)CSC12)c1csc(N)n1)C(=O)O. The number of anilines is 1. The zero-order chi connectivity index (χ0) is 34.4. The van der Waals surface area contributed by atoms with Crippen LogP contribution in [-0.4, -0.2) is 100.0 Å². The Kier molecular flexibility index (Phi) is 8.56. The van der Waals surface area contributed by atoms with Crippen LogP contribution in [0.15, 0.2) is 44.9 Å². The number of H-pyrrole nitrogens is 1. The van der Waals surface area contributed by atoms with Gasteiger partial charge in [0.05, 0.1) is 10.9 Å². The zero-order valence-corrected chi connectivity index (χ0v) is 25.9. The molecule has 246 valence electrons. The lowest BCUT2D eigenvalue weighted by atomic mass is 10.0. The van der Waals surface area contributed by atoms with E-state index in [1.807, 2.05) is 0 Å². The number of aromatic hydroxyl groups is 2. The van der Waals surface area contributed by atoms with Gasteiger partial charge in [-0.05, 0) is 25.5 Å². The van der Waals surface area contributed by atoms with Crippen molar-refractivity contribution in [2.24, 2.45) is 5.16 Å². The number of nitrogens with one attached hydrogen (secondary N) is 3. The van der Waals surface area contributed by atoms with Crippen LogP contribution in [0.2, 0.25) is 0 Å². The molecule has 1 unspecified atom stereocenters. The molecular formula is C27H25N7O11S2. The quantitative estimate of drug-likeness (QED) is 0.0590. The van der Waals surface area contributed by atoms with Crippen molar-refractivity contribution in [2.45, 2.75) is 30.9 Å². The van der Waals surface area contributed by atoms with E-state index < -0.39 is 75.0 Å². The number of hydrogen-bond acceptors (Lipinski definition) is 14. The first-order valence-electron chi connectivity index (χ1n) is 13.4. The topological polar surface area (TPSA) is 287 Å². The summed E-state index contributed by atoms with van der Waals surface area (Å²) in [7, 11) is 0. The molecule has 3 amide bonds. The van der Waals surface area contributed by atoms with Crippen LogP contribution < -0.4 is 21.8 Å². The summed E-state index contributed by atoms with van der Waals surface area (Å²) in [5.41, 5.74) is 2.13. The molecule has 2 atom stereocenters. The van der Waals surface area contributed by atoms with Crippen LogP contribution in [0.4, 0.5) is 5.13 Å². The minimum atomic E-state index is -1.82. The Hall–Kier alpha value is -5.63. The molecule has 2 aromatic heterocycles. The number of pyridine rings is 1. The number of carboxylic acid groups (broad SMARTS) is 2. The van der Waals surface area contributed by atoms with Crippen molar-refractivity contribution in [2.75, 3.05) is 18.0 Å². The predicted octanol–water partition coefficient (Wildman–Crippen LogP) is -0.269. The Labute approximate surface area is 270 Å². The Morgan fingerprint density at radius 3 is 2.53 bits per heavy atom. The normalized spacial score (nSPS) is 18.0. The van der Waals surface area contributed by atoms with E-state index >= 15 is 0 Å². The number of benzene rings is 1. The first-order valence-corrected chi connectivity index (χ1v) is 15.3. The molecule has 20 heteroatoms. The van der Waals surface area contributed by atoms with Gasteiger partial charge in [-0.1, -0.05) is 5.16 Å². The first-order chi connectivity index (χ1) is 22.1. The fourth-order valence-corrected chi connectivity index (χ4v) is 6.42. The average molecular weight is 688 g/mol. The van der Waals surface area contributed by atoms with Crippen molar-refractivity contribution in [1.82, 2.24) is 25.5 Å². The summed E-state index contributed by atoms with van der Waals surface area (Å²) < 4.78 is 0. The minimum Gasteiger partial charge on any atom is -0.504 e. The van der Waals surface area contributed by atoms with Crippen molar-refractivity contribution in [3.8, 4) is 11.5 Å². The van der Waals surface area contributed by atoms with E-state index in [1.165, 1.54) is 19.2 Å². The summed E-state index contributed by atoms with van der Waals surface area (Å²) in [6.07, 6.45) is 1.10. The molecule has 18 nitrogen and oxygen atoms in total. The second kappa shape index (κ2) is 12.3. The van der Waals surface area contributed by atoms with Gasteiger partial charge >= 0.3 is 11.9 Å². The number of hydrogen-bond donors (Lipinski definition) is 8. The summed E-state index contributed by atoms with van der Waals surface area (Å²) in [5.74, 6) is -6.47. The summed E-state index contributed by atoms with van der Waals surface area (Å²) in [4.78, 5) is 88.6. The monoisotopic (exact) mass is 687 g/mol. The van der Waals surface area contributed by atoms with Crippen LogP contribution >= 0.6 is 23.1 Å². The summed E-state index contributed by atoms with van der Waals surface area (Å²) >= 11 is 2.07. The van der Waals surface area contributed by atoms with Crippen molar-refractivity contribution in [1.29, 1.82) is 0 Å². The number of oxime groups is 1. The van der Waals surface area contributed by atoms with Crippen molar-refractivity contribution in [3.63, 3.8) is 0 Å². The fraction of sp³-hybridized carbons (Fsp3) is 0.259. The molecule has 1 saturated heterocycles. The molecule has 2 aliphatic rings. The molecule has 4 heterocycles. The van der Waals surface area contributed by atoms with E-state index in [-0.39, 0.29) is 45.2 Å². The molecule has 3 aromatic rings. The standard InChI is InChI=1S/C27H25N7O11S2/c1-27(2,25(43)44)45-33-16(13-8-47-26(28)31-13)21(39)32-17-22(40)34-18(24(41)42)9(7-46-23(17)34)5-30-20(38)11-6-29-12-4-15(36)14(35)3-10(12)19(11)37/h3-4,6,8,17,23,35-36H,5,7H2,1-2H3,(H2,28,31)(H,29,37)(H,30,38)(H,32,39)(H,41,42)(H,43,44)/b33-16-/t17-,23?/m1/s1. The summed E-state index contributed by atoms with van der Waals surface area (Å²) in [6, 6.07) is 0.904. The number of carbonyl (C=O) groups is 5. The third-order valence-electron chi connectivity index (χ3n) is 7.08. The molecule has 1 aromatic carbocycles. The number of thiazole rings is 1. The third-order valence-corrected chi connectivity index (χ3v) is 9.09. The van der Waals surface area contributed by atoms with Crippen LogP contribution in [-0.2, 0) is 24.0 Å². The molecule has 0 bridgehead atoms. The molecular weight excluding hydrogens is 662 g/mol. The van der Waals surface area contributed by atoms with Crippen molar-refractivity contribution >= 4 is 74.5 Å². The number of aliphatic carboxylic acids is 2. The van der Waals surface area contributed by atoms with Gasteiger partial charge in [0.15, 0.2) is 22.3 Å². The maximum absolute atomic E-state index is 13.2. The van der Waals surface area contributed by atoms with E-state index in [0.29, 0.717) is 0 Å². The van der Waals surface area contributed by atoms with E-state index in [1.54, 1.807) is 0 Å². The third kappa shape index (κ3) is 6.14. The van der Waals surface area contributed by atoms with Gasteiger partial charge in [0, 0.05) is 29.9 Å². The van der Waals surface area contributed by atoms with Gasteiger partial charge in [0.25, 0.3) is 17.7 Å². The second-order valence-electron chi connectivity index (χ2n) is 10.6. The van der Waals surface area contributed by atoms with Crippen LogP contribution in [0.3, 0.4) is 0 Å². The Morgan fingerprint density at radius 1 is 1.19 bits per heavy atom. The average Bonchev–Trinajstić information content (AvgIpc) is 3.44. The minimum absolute atomic E-state index is 0.0173. The maximum Gasteiger partial charge on any atom is 0.352 e. The number of β-lactam (4-membered cyclic amide) rings is 1. The molecule has 0 spiro atoms. The van der Waals surface area contributed by atoms with Crippen LogP contribution in [0, 0.1) is 0 Å². The number of nitrogens with zero attached hydrogens (tertiary/aromatic N) is 3. The van der Waals surface area contributed by atoms with Gasteiger partial charge in [-0.15, -0.1) is 23.1 Å². The molecule has 5 rings (SSSR count). The van der Waals surface area contributed by atoms with Gasteiger partial charge in [-0.3, -0.25) is 24.1 Å². The molecule has 0 aliphatic carbocycles. The van der Waals surface area contributed by atoms with Crippen LogP contribution in [0.25, 0.3) is 10.9 Å². The highest BCUT2D eigenvalue weighted by molar-refractivity contribution is 8.00. The van der Waals surface area contributed by atoms with E-state index in [2.05, 4.69) is 25.8 Å². The summed E-state index contributed by atoms with van der Waals surface area (Å²) in [5, 5.41) is 47.9. The number of carboxylic acids is 2. The fourth-order valence-electron chi connectivity index (χ4n) is 4.52. The van der Waals surface area contributed by atoms with Gasteiger partial charge in [-0.25, -0.2) is 14.6 Å². The van der Waals surface area contributed by atoms with Crippen LogP contribution in [0.5, 0.6) is 11.5 Å². The lowest BCUT2D eigenvalue weighted by Crippen LogP contribution is -2.71. The maximum atomic E-state index is 13.2. The largest absolute Gasteiger partial charge is 0.504 e. The lowest BCUT2D eigenvalue weighted by Gasteiger charge is -2.49. The van der Waals surface area contributed by atoms with Gasteiger partial charge < -0.3 is 46.6 Å². The molecule has 1 fully saturated rings. The smallest absolute Gasteiger partial charge is 0.352 e. The zero-order valence-electron chi connectivity index (χ0n) is 24.3. The highest BCUT2D eigenvalue weighted by Crippen LogP contribution is 2.40. The molecule has 9 N–H and O–H groups in total. The molecule has 0 radical (unpaired) electrons. The highest BCUT2D eigenvalue weighted by Gasteiger charge is 2.54. The number of rotatable bonds is 10. The number of carbonyl (C=O) groups excluding carboxylic acids is 3. The van der Waals surface area contributed by atoms with E-state index in [9.17, 15) is 49.2 Å². The number of phenolic OH excluding ortho intramolecular Hbond substituents is 2. The van der Waals surface area contributed by atoms with E-state index in [4.69, 9.17) is 10.6 Å². The lowest BCUT2D eigenvalue weighted by molar-refractivity contribution is -0.161. The second-order valence-corrected chi connectivity index (χ2v) is 12.6. The number of nitrogens with two attached hydrogens (primary N) is 1. The van der Waals surface area contributed by atoms with Gasteiger partial charge in [0.1, 0.15) is 28.4 Å². The molecule has 47 heavy (non-hydrogen) atoms. The number of aromatic nitrogens is 2. The predicted molar refractivity (Wildman–Crippen MR) is 166 cm³/mol. The number of nitrogen functional groups attached to an aromatic ring is 1. The Morgan fingerprint density at radius 2 is 1.89 bits per heavy atom. The first kappa shape index (κ1) is 32.8. The number of thioether (sulfide) groups is 1. The Bertz CT molecular complexity index is 1980. The number of fused-ring (bicyclic) bond motifs is 2. The number of amides is 3. The van der Waals surface area contributed by atoms with Crippen LogP contribution in [0.1, 0.15) is 29.9 Å². The number of phenols is 2. The van der Waals surface area contributed by atoms with Gasteiger partial charge in [-0.2, -0.15) is 0 Å².